The fraction of sp³-hybridized carbons (Fsp3) is 0.222. The summed E-state index contributed by atoms with van der Waals surface area (Å²) in [5, 5.41) is 3.78. The van der Waals surface area contributed by atoms with E-state index >= 15 is 0 Å². The Kier molecular flexibility index (Phi) is 5.21. The van der Waals surface area contributed by atoms with Crippen molar-refractivity contribution in [3.8, 4) is 11.5 Å². The molecule has 0 amide bonds. The van der Waals surface area contributed by atoms with Crippen LogP contribution in [0.25, 0.3) is 0 Å². The summed E-state index contributed by atoms with van der Waals surface area (Å²) in [7, 11) is 3.30. The quantitative estimate of drug-likeness (QED) is 0.397. The van der Waals surface area contributed by atoms with Gasteiger partial charge in [-0.05, 0) is 53.8 Å². The molecule has 3 aromatic rings. The van der Waals surface area contributed by atoms with Gasteiger partial charge in [-0.15, -0.1) is 0 Å². The maximum atomic E-state index is 5.46. The number of hydrogen-bond acceptors (Lipinski definition) is 4. The standard InChI is InChI=1S/C27H26N2O2/c1-30-21-15-12-19(26(16-21)31-2)17-28-20-13-10-18(11-14-20)27-24-8-5-7-22(24)23-6-3-4-9-25(23)29-27/h3-7,9-17,22,24,27,29H,8H2,1-2H3/t22-,24+,27-/m0/s1. The van der Waals surface area contributed by atoms with Gasteiger partial charge in [0.05, 0.1) is 25.9 Å². The first kappa shape index (κ1) is 19.4. The third-order valence-electron chi connectivity index (χ3n) is 6.32. The zero-order chi connectivity index (χ0) is 21.2. The SMILES string of the molecule is COc1ccc(C=Nc2ccc([C@@H]3Nc4ccccc4[C@@H]4C=CC[C@H]43)cc2)c(OC)c1. The number of allylic oxidation sites excluding steroid dienone is 2. The number of nitrogens with zero attached hydrogens (tertiary/aromatic N) is 1. The second-order valence-electron chi connectivity index (χ2n) is 8.02. The van der Waals surface area contributed by atoms with Crippen molar-refractivity contribution in [2.45, 2.75) is 18.4 Å². The molecule has 4 heteroatoms. The molecule has 1 heterocycles. The number of rotatable bonds is 5. The average Bonchev–Trinajstić information content (AvgIpc) is 3.33. The van der Waals surface area contributed by atoms with Gasteiger partial charge < -0.3 is 14.8 Å². The van der Waals surface area contributed by atoms with Crippen molar-refractivity contribution in [3.05, 3.63) is 95.6 Å². The highest BCUT2D eigenvalue weighted by Gasteiger charge is 2.37. The van der Waals surface area contributed by atoms with Crippen molar-refractivity contribution in [2.24, 2.45) is 10.9 Å². The Morgan fingerprint density at radius 1 is 0.968 bits per heavy atom. The zero-order valence-corrected chi connectivity index (χ0v) is 17.8. The van der Waals surface area contributed by atoms with Crippen LogP contribution in [-0.4, -0.2) is 20.4 Å². The van der Waals surface area contributed by atoms with Gasteiger partial charge in [0, 0.05) is 29.4 Å². The van der Waals surface area contributed by atoms with Crippen molar-refractivity contribution in [2.75, 3.05) is 19.5 Å². The average molecular weight is 411 g/mol. The molecule has 5 rings (SSSR count). The summed E-state index contributed by atoms with van der Waals surface area (Å²) in [5.41, 5.74) is 5.78. The highest BCUT2D eigenvalue weighted by Crippen LogP contribution is 2.49. The zero-order valence-electron chi connectivity index (χ0n) is 17.8. The molecule has 3 atom stereocenters. The molecule has 0 aromatic heterocycles. The summed E-state index contributed by atoms with van der Waals surface area (Å²) >= 11 is 0. The van der Waals surface area contributed by atoms with Gasteiger partial charge in [0.2, 0.25) is 0 Å². The van der Waals surface area contributed by atoms with E-state index in [0.29, 0.717) is 17.9 Å². The van der Waals surface area contributed by atoms with Gasteiger partial charge in [-0.2, -0.15) is 0 Å². The normalized spacial score (nSPS) is 21.4. The van der Waals surface area contributed by atoms with Gasteiger partial charge in [-0.1, -0.05) is 42.5 Å². The first-order chi connectivity index (χ1) is 15.3. The fourth-order valence-electron chi connectivity index (χ4n) is 4.71. The summed E-state index contributed by atoms with van der Waals surface area (Å²) in [6, 6.07) is 23.3. The largest absolute Gasteiger partial charge is 0.497 e. The van der Waals surface area contributed by atoms with E-state index in [-0.39, 0.29) is 0 Å². The van der Waals surface area contributed by atoms with Gasteiger partial charge in [0.25, 0.3) is 0 Å². The molecule has 1 N–H and O–H groups in total. The van der Waals surface area contributed by atoms with E-state index in [4.69, 9.17) is 9.47 Å². The molecular formula is C27H26N2O2. The van der Waals surface area contributed by atoms with Gasteiger partial charge >= 0.3 is 0 Å². The monoisotopic (exact) mass is 410 g/mol. The third kappa shape index (κ3) is 3.70. The smallest absolute Gasteiger partial charge is 0.131 e. The number of methoxy groups -OCH3 is 2. The molecule has 156 valence electrons. The summed E-state index contributed by atoms with van der Waals surface area (Å²) in [6.07, 6.45) is 7.64. The second kappa shape index (κ2) is 8.31. The fourth-order valence-corrected chi connectivity index (χ4v) is 4.71. The van der Waals surface area contributed by atoms with E-state index in [1.807, 2.05) is 24.4 Å². The van der Waals surface area contributed by atoms with Gasteiger partial charge in [-0.25, -0.2) is 0 Å². The molecule has 1 aliphatic heterocycles. The first-order valence-electron chi connectivity index (χ1n) is 10.6. The van der Waals surface area contributed by atoms with Crippen LogP contribution in [0, 0.1) is 5.92 Å². The van der Waals surface area contributed by atoms with Gasteiger partial charge in [-0.3, -0.25) is 4.99 Å². The van der Waals surface area contributed by atoms with Crippen LogP contribution in [0.3, 0.4) is 0 Å². The molecule has 0 radical (unpaired) electrons. The predicted octanol–water partition coefficient (Wildman–Crippen LogP) is 6.28. The molecule has 0 bridgehead atoms. The molecule has 1 aliphatic carbocycles. The van der Waals surface area contributed by atoms with Crippen molar-refractivity contribution < 1.29 is 9.47 Å². The first-order valence-corrected chi connectivity index (χ1v) is 10.6. The molecule has 3 aromatic carbocycles. The molecule has 4 nitrogen and oxygen atoms in total. The molecular weight excluding hydrogens is 384 g/mol. The number of hydrogen-bond donors (Lipinski definition) is 1. The maximum absolute atomic E-state index is 5.46. The molecule has 0 saturated carbocycles. The topological polar surface area (TPSA) is 42.8 Å². The maximum Gasteiger partial charge on any atom is 0.131 e. The van der Waals surface area contributed by atoms with E-state index in [0.717, 1.165) is 29.2 Å². The minimum absolute atomic E-state index is 0.301. The Labute approximate surface area is 183 Å². The molecule has 0 unspecified atom stereocenters. The second-order valence-corrected chi connectivity index (χ2v) is 8.02. The lowest BCUT2D eigenvalue weighted by atomic mass is 9.77. The van der Waals surface area contributed by atoms with Crippen LogP contribution >= 0.6 is 0 Å². The number of aliphatic imine (C=N–C) groups is 1. The lowest BCUT2D eigenvalue weighted by Crippen LogP contribution is -2.28. The number of benzene rings is 3. The van der Waals surface area contributed by atoms with Crippen LogP contribution in [0.4, 0.5) is 11.4 Å². The molecule has 0 fully saturated rings. The predicted molar refractivity (Wildman–Crippen MR) is 126 cm³/mol. The lowest BCUT2D eigenvalue weighted by Gasteiger charge is -2.37. The molecule has 0 saturated heterocycles. The minimum atomic E-state index is 0.301. The Hall–Kier alpha value is -3.53. The number of fused-ring (bicyclic) bond motifs is 3. The van der Waals surface area contributed by atoms with E-state index < -0.39 is 0 Å². The van der Waals surface area contributed by atoms with Crippen LogP contribution < -0.4 is 14.8 Å². The van der Waals surface area contributed by atoms with Crippen LogP contribution in [-0.2, 0) is 0 Å². The lowest BCUT2D eigenvalue weighted by molar-refractivity contribution is 0.394. The number of anilines is 1. The Morgan fingerprint density at radius 2 is 1.81 bits per heavy atom. The van der Waals surface area contributed by atoms with Crippen molar-refractivity contribution >= 4 is 17.6 Å². The molecule has 31 heavy (non-hydrogen) atoms. The van der Waals surface area contributed by atoms with E-state index in [1.54, 1.807) is 14.2 Å². The van der Waals surface area contributed by atoms with Crippen molar-refractivity contribution in [1.82, 2.24) is 0 Å². The van der Waals surface area contributed by atoms with E-state index in [9.17, 15) is 0 Å². The van der Waals surface area contributed by atoms with Crippen molar-refractivity contribution in [3.63, 3.8) is 0 Å². The number of nitrogens with one attached hydrogen (secondary N) is 1. The third-order valence-corrected chi connectivity index (χ3v) is 6.32. The van der Waals surface area contributed by atoms with E-state index in [2.05, 4.69) is 71.0 Å². The summed E-state index contributed by atoms with van der Waals surface area (Å²) in [5.74, 6) is 2.54. The Morgan fingerprint density at radius 3 is 2.61 bits per heavy atom. The highest BCUT2D eigenvalue weighted by atomic mass is 16.5. The van der Waals surface area contributed by atoms with Gasteiger partial charge in [0.1, 0.15) is 11.5 Å². The Bertz CT molecular complexity index is 1130. The Balaban J connectivity index is 1.37. The van der Waals surface area contributed by atoms with Crippen LogP contribution in [0.5, 0.6) is 11.5 Å². The molecule has 2 aliphatic rings. The molecule has 0 spiro atoms. The van der Waals surface area contributed by atoms with Crippen molar-refractivity contribution in [1.29, 1.82) is 0 Å². The van der Waals surface area contributed by atoms with Crippen LogP contribution in [0.2, 0.25) is 0 Å². The summed E-state index contributed by atoms with van der Waals surface area (Å²) < 4.78 is 10.7. The summed E-state index contributed by atoms with van der Waals surface area (Å²) in [6.45, 7) is 0. The number of ether oxygens (including phenoxy) is 2. The van der Waals surface area contributed by atoms with Gasteiger partial charge in [0.15, 0.2) is 0 Å². The highest BCUT2D eigenvalue weighted by molar-refractivity contribution is 5.85. The summed E-state index contributed by atoms with van der Waals surface area (Å²) in [4.78, 5) is 4.65. The van der Waals surface area contributed by atoms with E-state index in [1.165, 1.54) is 16.8 Å². The minimum Gasteiger partial charge on any atom is -0.497 e. The van der Waals surface area contributed by atoms with Crippen LogP contribution in [0.15, 0.2) is 83.9 Å². The van der Waals surface area contributed by atoms with Crippen LogP contribution in [0.1, 0.15) is 35.1 Å². The number of para-hydroxylation sites is 1.